The van der Waals surface area contributed by atoms with Crippen LogP contribution in [0.2, 0.25) is 0 Å². The summed E-state index contributed by atoms with van der Waals surface area (Å²) in [5.74, 6) is 3.41. The normalized spacial score (nSPS) is 26.9. The number of nitrogens with one attached hydrogen (secondary N) is 1. The van der Waals surface area contributed by atoms with Crippen molar-refractivity contribution in [3.05, 3.63) is 24.3 Å². The first-order valence-electron chi connectivity index (χ1n) is 6.68. The molecule has 2 atom stereocenters. The molecule has 1 N–H and O–H groups in total. The molecule has 0 radical (unpaired) electrons. The van der Waals surface area contributed by atoms with Gasteiger partial charge in [-0.1, -0.05) is 5.16 Å². The molecule has 19 heavy (non-hydrogen) atoms. The zero-order valence-electron chi connectivity index (χ0n) is 10.6. The molecule has 0 spiro atoms. The highest BCUT2D eigenvalue weighted by molar-refractivity contribution is 5.44. The fraction of sp³-hybridized carbons (Fsp3) is 0.538. The molecule has 2 aliphatic heterocycles. The number of likely N-dealkylation sites (tertiary alicyclic amines) is 1. The van der Waals surface area contributed by atoms with E-state index in [9.17, 15) is 0 Å². The summed E-state index contributed by atoms with van der Waals surface area (Å²) in [6.07, 6.45) is 1.61. The summed E-state index contributed by atoms with van der Waals surface area (Å²) < 4.78 is 10.6. The smallest absolute Gasteiger partial charge is 0.241 e. The zero-order valence-corrected chi connectivity index (χ0v) is 10.6. The molecule has 2 fully saturated rings. The van der Waals surface area contributed by atoms with E-state index in [0.717, 1.165) is 44.6 Å². The maximum atomic E-state index is 5.29. The van der Waals surface area contributed by atoms with E-state index in [4.69, 9.17) is 8.94 Å². The molecule has 0 bridgehead atoms. The molecule has 0 saturated carbocycles. The summed E-state index contributed by atoms with van der Waals surface area (Å²) in [5, 5.41) is 7.39. The average Bonchev–Trinajstić information content (AvgIpc) is 3.12. The van der Waals surface area contributed by atoms with Gasteiger partial charge in [0.25, 0.3) is 0 Å². The van der Waals surface area contributed by atoms with Crippen LogP contribution in [0.3, 0.4) is 0 Å². The SMILES string of the molecule is c1coc(-c2noc(CN3CC4CNCC4C3)n2)c1. The molecule has 4 heterocycles. The summed E-state index contributed by atoms with van der Waals surface area (Å²) in [6.45, 7) is 5.26. The van der Waals surface area contributed by atoms with Crippen molar-refractivity contribution in [3.8, 4) is 11.6 Å². The van der Waals surface area contributed by atoms with Gasteiger partial charge in [-0.25, -0.2) is 0 Å². The minimum Gasteiger partial charge on any atom is -0.461 e. The highest BCUT2D eigenvalue weighted by Gasteiger charge is 2.36. The molecule has 6 heteroatoms. The van der Waals surface area contributed by atoms with Crippen LogP contribution in [0.25, 0.3) is 11.6 Å². The second-order valence-corrected chi connectivity index (χ2v) is 5.36. The van der Waals surface area contributed by atoms with Gasteiger partial charge in [0.2, 0.25) is 11.7 Å². The molecule has 2 aromatic heterocycles. The van der Waals surface area contributed by atoms with Crippen LogP contribution < -0.4 is 5.32 Å². The van der Waals surface area contributed by atoms with E-state index in [0.29, 0.717) is 17.5 Å². The highest BCUT2D eigenvalue weighted by atomic mass is 16.5. The first-order valence-corrected chi connectivity index (χ1v) is 6.68. The fourth-order valence-electron chi connectivity index (χ4n) is 3.10. The molecule has 100 valence electrons. The van der Waals surface area contributed by atoms with Gasteiger partial charge in [0, 0.05) is 13.1 Å². The Balaban J connectivity index is 1.44. The Hall–Kier alpha value is -1.66. The van der Waals surface area contributed by atoms with Crippen LogP contribution >= 0.6 is 0 Å². The Morgan fingerprint density at radius 3 is 2.89 bits per heavy atom. The maximum Gasteiger partial charge on any atom is 0.241 e. The van der Waals surface area contributed by atoms with Gasteiger partial charge in [-0.15, -0.1) is 0 Å². The van der Waals surface area contributed by atoms with Gasteiger partial charge in [0.15, 0.2) is 5.76 Å². The number of nitrogens with zero attached hydrogens (tertiary/aromatic N) is 3. The minimum absolute atomic E-state index is 0.529. The van der Waals surface area contributed by atoms with E-state index < -0.39 is 0 Å². The largest absolute Gasteiger partial charge is 0.461 e. The lowest BCUT2D eigenvalue weighted by Gasteiger charge is -2.13. The van der Waals surface area contributed by atoms with Crippen LogP contribution in [0.4, 0.5) is 0 Å². The third-order valence-corrected chi connectivity index (χ3v) is 4.03. The van der Waals surface area contributed by atoms with Crippen molar-refractivity contribution in [1.82, 2.24) is 20.4 Å². The molecule has 6 nitrogen and oxygen atoms in total. The van der Waals surface area contributed by atoms with Crippen molar-refractivity contribution >= 4 is 0 Å². The number of fused-ring (bicyclic) bond motifs is 1. The lowest BCUT2D eigenvalue weighted by atomic mass is 10.0. The number of hydrogen-bond donors (Lipinski definition) is 1. The van der Waals surface area contributed by atoms with Crippen LogP contribution in [-0.4, -0.2) is 41.2 Å². The van der Waals surface area contributed by atoms with E-state index in [1.807, 2.05) is 12.1 Å². The summed E-state index contributed by atoms with van der Waals surface area (Å²) >= 11 is 0. The second kappa shape index (κ2) is 4.47. The Bertz CT molecular complexity index is 539. The summed E-state index contributed by atoms with van der Waals surface area (Å²) in [5.41, 5.74) is 0. The first kappa shape index (κ1) is 11.2. The topological polar surface area (TPSA) is 67.3 Å². The summed E-state index contributed by atoms with van der Waals surface area (Å²) in [6, 6.07) is 3.65. The number of aromatic nitrogens is 2. The Labute approximate surface area is 110 Å². The number of rotatable bonds is 3. The molecular formula is C13H16N4O2. The third-order valence-electron chi connectivity index (χ3n) is 4.03. The highest BCUT2D eigenvalue weighted by Crippen LogP contribution is 2.27. The van der Waals surface area contributed by atoms with Crippen molar-refractivity contribution < 1.29 is 8.94 Å². The van der Waals surface area contributed by atoms with E-state index in [-0.39, 0.29) is 0 Å². The van der Waals surface area contributed by atoms with Gasteiger partial charge in [-0.3, -0.25) is 4.90 Å². The molecule has 2 saturated heterocycles. The van der Waals surface area contributed by atoms with Gasteiger partial charge in [0.05, 0.1) is 12.8 Å². The monoisotopic (exact) mass is 260 g/mol. The molecule has 0 aromatic carbocycles. The second-order valence-electron chi connectivity index (χ2n) is 5.36. The molecule has 2 unspecified atom stereocenters. The van der Waals surface area contributed by atoms with Gasteiger partial charge >= 0.3 is 0 Å². The predicted molar refractivity (Wildman–Crippen MR) is 67.1 cm³/mol. The van der Waals surface area contributed by atoms with E-state index in [2.05, 4.69) is 20.4 Å². The predicted octanol–water partition coefficient (Wildman–Crippen LogP) is 0.981. The molecular weight excluding hydrogens is 244 g/mol. The Morgan fingerprint density at radius 1 is 1.32 bits per heavy atom. The molecule has 2 aliphatic rings. The molecule has 2 aromatic rings. The van der Waals surface area contributed by atoms with E-state index in [1.54, 1.807) is 6.26 Å². The van der Waals surface area contributed by atoms with Gasteiger partial charge < -0.3 is 14.3 Å². The number of furan rings is 1. The Morgan fingerprint density at radius 2 is 2.16 bits per heavy atom. The van der Waals surface area contributed by atoms with Crippen LogP contribution in [0.1, 0.15) is 5.89 Å². The van der Waals surface area contributed by atoms with Crippen molar-refractivity contribution in [2.24, 2.45) is 11.8 Å². The zero-order chi connectivity index (χ0) is 12.7. The van der Waals surface area contributed by atoms with Crippen molar-refractivity contribution in [1.29, 1.82) is 0 Å². The van der Waals surface area contributed by atoms with Crippen LogP contribution in [0.5, 0.6) is 0 Å². The first-order chi connectivity index (χ1) is 9.38. The van der Waals surface area contributed by atoms with Crippen LogP contribution in [-0.2, 0) is 6.54 Å². The van der Waals surface area contributed by atoms with E-state index >= 15 is 0 Å². The fourth-order valence-corrected chi connectivity index (χ4v) is 3.10. The van der Waals surface area contributed by atoms with Crippen LogP contribution in [0, 0.1) is 11.8 Å². The third kappa shape index (κ3) is 2.06. The van der Waals surface area contributed by atoms with Gasteiger partial charge in [0.1, 0.15) is 0 Å². The number of hydrogen-bond acceptors (Lipinski definition) is 6. The summed E-state index contributed by atoms with van der Waals surface area (Å²) in [7, 11) is 0. The van der Waals surface area contributed by atoms with Gasteiger partial charge in [-0.05, 0) is 37.1 Å². The average molecular weight is 260 g/mol. The summed E-state index contributed by atoms with van der Waals surface area (Å²) in [4.78, 5) is 6.78. The Kier molecular flexibility index (Phi) is 2.63. The quantitative estimate of drug-likeness (QED) is 0.887. The lowest BCUT2D eigenvalue weighted by molar-refractivity contribution is 0.253. The molecule has 4 rings (SSSR count). The lowest BCUT2D eigenvalue weighted by Crippen LogP contribution is -2.25. The maximum absolute atomic E-state index is 5.29. The molecule has 0 amide bonds. The van der Waals surface area contributed by atoms with E-state index in [1.165, 1.54) is 0 Å². The van der Waals surface area contributed by atoms with Crippen molar-refractivity contribution in [2.75, 3.05) is 26.2 Å². The van der Waals surface area contributed by atoms with Crippen LogP contribution in [0.15, 0.2) is 27.3 Å². The van der Waals surface area contributed by atoms with Crippen molar-refractivity contribution in [3.63, 3.8) is 0 Å². The van der Waals surface area contributed by atoms with Crippen molar-refractivity contribution in [2.45, 2.75) is 6.54 Å². The molecule has 0 aliphatic carbocycles. The van der Waals surface area contributed by atoms with Gasteiger partial charge in [-0.2, -0.15) is 4.98 Å². The standard InChI is InChI=1S/C13H16N4O2/c1-2-11(18-3-1)13-15-12(19-16-13)8-17-6-9-4-14-5-10(9)7-17/h1-3,9-10,14H,4-8H2. The minimum atomic E-state index is 0.529.